The van der Waals surface area contributed by atoms with Crippen LogP contribution in [0.5, 0.6) is 0 Å². The molecule has 0 aliphatic rings. The maximum Gasteiger partial charge on any atom is 0.191 e. The van der Waals surface area contributed by atoms with Crippen molar-refractivity contribution in [2.45, 2.75) is 129 Å². The second kappa shape index (κ2) is 16.3. The molecule has 0 atom stereocenters. The average Bonchev–Trinajstić information content (AvgIpc) is 3.60. The van der Waals surface area contributed by atoms with Crippen molar-refractivity contribution in [3.63, 3.8) is 0 Å². The minimum atomic E-state index is 0.156. The van der Waals surface area contributed by atoms with Gasteiger partial charge in [0.15, 0.2) is 21.6 Å². The summed E-state index contributed by atoms with van der Waals surface area (Å²) in [5.74, 6) is 0.313. The van der Waals surface area contributed by atoms with Gasteiger partial charge >= 0.3 is 0 Å². The van der Waals surface area contributed by atoms with Gasteiger partial charge < -0.3 is 0 Å². The zero-order chi connectivity index (χ0) is 28.2. The van der Waals surface area contributed by atoms with Crippen molar-refractivity contribution in [1.82, 2.24) is 9.97 Å². The molecule has 4 nitrogen and oxygen atoms in total. The van der Waals surface area contributed by atoms with Gasteiger partial charge in [0.25, 0.3) is 0 Å². The zero-order valence-electron chi connectivity index (χ0n) is 24.6. The Morgan fingerprint density at radius 1 is 0.525 bits per heavy atom. The highest BCUT2D eigenvalue weighted by Gasteiger charge is 2.18. The molecule has 0 amide bonds. The van der Waals surface area contributed by atoms with E-state index < -0.39 is 0 Å². The van der Waals surface area contributed by atoms with Crippen LogP contribution in [-0.4, -0.2) is 21.5 Å². The average molecular weight is 579 g/mol. The number of Topliss-reactive ketones (excluding diaryl/α,β-unsaturated/α-hetero) is 2. The van der Waals surface area contributed by atoms with E-state index in [1.165, 1.54) is 99.7 Å². The Kier molecular flexibility index (Phi) is 12.5. The number of ketones is 2. The van der Waals surface area contributed by atoms with Crippen LogP contribution in [0.4, 0.5) is 0 Å². The van der Waals surface area contributed by atoms with Crippen LogP contribution in [-0.2, 0) is 0 Å². The van der Waals surface area contributed by atoms with Crippen LogP contribution in [0.3, 0.4) is 0 Å². The van der Waals surface area contributed by atoms with E-state index >= 15 is 0 Å². The Balaban J connectivity index is 1.35. The van der Waals surface area contributed by atoms with E-state index in [0.717, 1.165) is 56.9 Å². The Morgan fingerprint density at radius 2 is 0.875 bits per heavy atom. The number of hydrogen-bond acceptors (Lipinski definition) is 6. The van der Waals surface area contributed by atoms with Crippen molar-refractivity contribution >= 4 is 65.4 Å². The summed E-state index contributed by atoms with van der Waals surface area (Å²) in [5.41, 5.74) is 1.76. The summed E-state index contributed by atoms with van der Waals surface area (Å²) in [5, 5.41) is 3.26. The highest BCUT2D eigenvalue weighted by Crippen LogP contribution is 2.36. The molecule has 2 aromatic carbocycles. The first-order valence-corrected chi connectivity index (χ1v) is 17.4. The Hall–Kier alpha value is -2.18. The van der Waals surface area contributed by atoms with Crippen LogP contribution in [0.25, 0.3) is 31.2 Å². The van der Waals surface area contributed by atoms with Gasteiger partial charge in [0.05, 0.1) is 20.4 Å². The predicted octanol–water partition coefficient (Wildman–Crippen LogP) is 11.5. The van der Waals surface area contributed by atoms with Crippen LogP contribution in [0.2, 0.25) is 0 Å². The fourth-order valence-electron chi connectivity index (χ4n) is 5.48. The normalized spacial score (nSPS) is 11.8. The Bertz CT molecular complexity index is 1280. The van der Waals surface area contributed by atoms with Gasteiger partial charge in [0, 0.05) is 23.6 Å². The van der Waals surface area contributed by atoms with Gasteiger partial charge in [-0.05, 0) is 25.0 Å². The number of fused-ring (bicyclic) bond motifs is 5. The summed E-state index contributed by atoms with van der Waals surface area (Å²) < 4.78 is 2.07. The van der Waals surface area contributed by atoms with Crippen molar-refractivity contribution in [3.8, 4) is 0 Å². The standard InChI is InChI=1S/C34H46N2O2S2/c1-3-5-7-9-11-13-15-17-19-27(37)33-35-31-25-22-24-30-32(26(25)21-23-29(31)39-33)36-34(40-30)28(38)20-18-16-14-12-10-8-6-4-2/h21-24H,3-20H2,1-2H3. The molecule has 0 bridgehead atoms. The molecule has 4 aromatic rings. The van der Waals surface area contributed by atoms with Gasteiger partial charge in [0.1, 0.15) is 0 Å². The first-order valence-electron chi connectivity index (χ1n) is 15.8. The molecule has 0 aliphatic carbocycles. The fraction of sp³-hybridized carbons (Fsp3) is 0.588. The van der Waals surface area contributed by atoms with Crippen LogP contribution < -0.4 is 0 Å². The highest BCUT2D eigenvalue weighted by atomic mass is 32.1. The molecule has 0 radical (unpaired) electrons. The van der Waals surface area contributed by atoms with Gasteiger partial charge in [0.2, 0.25) is 0 Å². The van der Waals surface area contributed by atoms with E-state index in [1.54, 1.807) is 0 Å². The van der Waals surface area contributed by atoms with Crippen LogP contribution in [0.15, 0.2) is 24.3 Å². The van der Waals surface area contributed by atoms with Gasteiger partial charge in [-0.15, -0.1) is 22.7 Å². The number of hydrogen-bond donors (Lipinski definition) is 0. The lowest BCUT2D eigenvalue weighted by Crippen LogP contribution is -1.98. The molecule has 216 valence electrons. The number of nitrogens with zero attached hydrogens (tertiary/aromatic N) is 2. The second-order valence-electron chi connectivity index (χ2n) is 11.3. The molecule has 4 rings (SSSR count). The molecule has 6 heteroatoms. The Morgan fingerprint density at radius 3 is 1.25 bits per heavy atom. The monoisotopic (exact) mass is 578 g/mol. The maximum absolute atomic E-state index is 12.9. The van der Waals surface area contributed by atoms with Crippen LogP contribution in [0, 0.1) is 0 Å². The summed E-state index contributed by atoms with van der Waals surface area (Å²) in [6, 6.07) is 8.28. The molecule has 0 unspecified atom stereocenters. The molecule has 0 spiro atoms. The minimum absolute atomic E-state index is 0.156. The molecule has 0 aliphatic heterocycles. The van der Waals surface area contributed by atoms with Crippen molar-refractivity contribution in [3.05, 3.63) is 34.3 Å². The smallest absolute Gasteiger partial charge is 0.191 e. The summed E-state index contributed by atoms with van der Waals surface area (Å²) in [4.78, 5) is 35.4. The third-order valence-corrected chi connectivity index (χ3v) is 10.0. The number of unbranched alkanes of at least 4 members (excludes halogenated alkanes) is 14. The number of carbonyl (C=O) groups is 2. The molecule has 2 aromatic heterocycles. The van der Waals surface area contributed by atoms with E-state index in [1.807, 2.05) is 0 Å². The number of aromatic nitrogens is 2. The lowest BCUT2D eigenvalue weighted by Gasteiger charge is -2.01. The molecule has 0 N–H and O–H groups in total. The van der Waals surface area contributed by atoms with E-state index in [4.69, 9.17) is 9.97 Å². The number of thiazole rings is 2. The second-order valence-corrected chi connectivity index (χ2v) is 13.3. The molecule has 2 heterocycles. The summed E-state index contributed by atoms with van der Waals surface area (Å²) >= 11 is 3.00. The fourth-order valence-corrected chi connectivity index (χ4v) is 7.38. The summed E-state index contributed by atoms with van der Waals surface area (Å²) in [6.45, 7) is 4.49. The molecule has 0 fully saturated rings. The zero-order valence-corrected chi connectivity index (χ0v) is 26.2. The SMILES string of the molecule is CCCCCCCCCCC(=O)c1nc2c(ccc3c2ccc2sc(C(=O)CCCCCCCCCC)nc23)s1. The number of benzene rings is 2. The van der Waals surface area contributed by atoms with Crippen molar-refractivity contribution < 1.29 is 9.59 Å². The molecule has 0 saturated heterocycles. The third kappa shape index (κ3) is 8.42. The largest absolute Gasteiger partial charge is 0.292 e. The van der Waals surface area contributed by atoms with Gasteiger partial charge in [-0.1, -0.05) is 116 Å². The number of rotatable bonds is 20. The van der Waals surface area contributed by atoms with E-state index in [2.05, 4.69) is 38.1 Å². The predicted molar refractivity (Wildman–Crippen MR) is 173 cm³/mol. The van der Waals surface area contributed by atoms with E-state index in [0.29, 0.717) is 22.9 Å². The van der Waals surface area contributed by atoms with Crippen molar-refractivity contribution in [1.29, 1.82) is 0 Å². The summed E-state index contributed by atoms with van der Waals surface area (Å²) in [7, 11) is 0. The lowest BCUT2D eigenvalue weighted by molar-refractivity contribution is 0.0971. The van der Waals surface area contributed by atoms with Gasteiger partial charge in [-0.3, -0.25) is 9.59 Å². The third-order valence-electron chi connectivity index (χ3n) is 7.90. The quantitative estimate of drug-likeness (QED) is 0.0773. The molecular weight excluding hydrogens is 533 g/mol. The first kappa shape index (κ1) is 30.8. The maximum atomic E-state index is 12.9. The van der Waals surface area contributed by atoms with Crippen molar-refractivity contribution in [2.75, 3.05) is 0 Å². The van der Waals surface area contributed by atoms with Crippen LogP contribution in [0.1, 0.15) is 149 Å². The number of carbonyl (C=O) groups excluding carboxylic acids is 2. The van der Waals surface area contributed by atoms with Gasteiger partial charge in [-0.2, -0.15) is 0 Å². The lowest BCUT2D eigenvalue weighted by atomic mass is 10.1. The van der Waals surface area contributed by atoms with E-state index in [9.17, 15) is 9.59 Å². The highest BCUT2D eigenvalue weighted by molar-refractivity contribution is 7.21. The molecule has 40 heavy (non-hydrogen) atoms. The van der Waals surface area contributed by atoms with Gasteiger partial charge in [-0.25, -0.2) is 9.97 Å². The first-order chi connectivity index (χ1) is 19.6. The molecule has 0 saturated carbocycles. The molecular formula is C34H46N2O2S2. The Labute approximate surface area is 248 Å². The summed E-state index contributed by atoms with van der Waals surface area (Å²) in [6.07, 6.45) is 20.8. The topological polar surface area (TPSA) is 59.9 Å². The minimum Gasteiger partial charge on any atom is -0.292 e. The van der Waals surface area contributed by atoms with Crippen LogP contribution >= 0.6 is 22.7 Å². The van der Waals surface area contributed by atoms with Crippen molar-refractivity contribution in [2.24, 2.45) is 0 Å². The van der Waals surface area contributed by atoms with E-state index in [-0.39, 0.29) is 11.6 Å².